The first-order valence-electron chi connectivity index (χ1n) is 17.1. The number of nitrogens with two attached hydrogens (primary N) is 1. The van der Waals surface area contributed by atoms with E-state index in [0.29, 0.717) is 48.9 Å². The number of aliphatic hydroxyl groups is 2. The molecule has 0 amide bonds. The fourth-order valence-corrected chi connectivity index (χ4v) is 8.69. The number of hydrogen-bond acceptors (Lipinski definition) is 9. The normalized spacial score (nSPS) is 35.4. The molecule has 11 atom stereocenters. The zero-order valence-electron chi connectivity index (χ0n) is 27.5. The highest BCUT2D eigenvalue weighted by Gasteiger charge is 2.42. The maximum absolute atomic E-state index is 12.4. The first kappa shape index (κ1) is 36.2. The Kier molecular flexibility index (Phi) is 15.2. The maximum atomic E-state index is 12.4. The van der Waals surface area contributed by atoms with E-state index in [-0.39, 0.29) is 54.9 Å². The Morgan fingerprint density at radius 3 is 2.30 bits per heavy atom. The predicted molar refractivity (Wildman–Crippen MR) is 167 cm³/mol. The number of methoxy groups -OCH3 is 1. The molecule has 0 aromatic rings. The molecule has 2 aliphatic carbocycles. The van der Waals surface area contributed by atoms with Crippen molar-refractivity contribution >= 4 is 11.9 Å². The van der Waals surface area contributed by atoms with Gasteiger partial charge in [0, 0.05) is 34.0 Å². The van der Waals surface area contributed by atoms with E-state index in [0.717, 1.165) is 70.8 Å². The highest BCUT2D eigenvalue weighted by atomic mass is 16.6. The summed E-state index contributed by atoms with van der Waals surface area (Å²) in [4.78, 5) is 24.7. The summed E-state index contributed by atoms with van der Waals surface area (Å²) in [7, 11) is 1.66. The van der Waals surface area contributed by atoms with Gasteiger partial charge in [-0.2, -0.15) is 0 Å². The molecule has 3 fully saturated rings. The molecular weight excluding hydrogens is 548 g/mol. The summed E-state index contributed by atoms with van der Waals surface area (Å²) in [5.41, 5.74) is 6.27. The lowest BCUT2D eigenvalue weighted by Crippen LogP contribution is -2.49. The van der Waals surface area contributed by atoms with Crippen molar-refractivity contribution in [3.05, 3.63) is 0 Å². The quantitative estimate of drug-likeness (QED) is 0.221. The second-order valence-electron chi connectivity index (χ2n) is 14.5. The van der Waals surface area contributed by atoms with Gasteiger partial charge >= 0.3 is 11.9 Å². The Morgan fingerprint density at radius 1 is 0.977 bits per heavy atom. The Balaban J connectivity index is 1.78. The van der Waals surface area contributed by atoms with E-state index >= 15 is 0 Å². The summed E-state index contributed by atoms with van der Waals surface area (Å²) < 4.78 is 17.6. The van der Waals surface area contributed by atoms with Gasteiger partial charge in [0.05, 0.1) is 18.4 Å². The standard InChI is InChI=1S/C34H62N2O7/c1-21(2)13-24-7-6-8-25(20-37)15-28(14-24)32(43-23(4)39)18-29(42-22(3)38)10-9-26-16-33(41-5)31(40)19-30(26)27-11-12-36-34(35)17-27/h21,24-34,36-37,40H,6-20,35H2,1-5H3. The third-order valence-electron chi connectivity index (χ3n) is 10.6. The molecule has 43 heavy (non-hydrogen) atoms. The van der Waals surface area contributed by atoms with Crippen LogP contribution in [0.25, 0.3) is 0 Å². The number of nitrogens with one attached hydrogen (secondary N) is 1. The Bertz CT molecular complexity index is 842. The first-order valence-corrected chi connectivity index (χ1v) is 17.1. The molecule has 0 aromatic carbocycles. The molecule has 0 bridgehead atoms. The molecule has 9 heteroatoms. The van der Waals surface area contributed by atoms with Crippen LogP contribution in [0, 0.1) is 41.4 Å². The average molecular weight is 611 g/mol. The van der Waals surface area contributed by atoms with E-state index in [1.54, 1.807) is 7.11 Å². The Labute approximate surface area is 260 Å². The second kappa shape index (κ2) is 18.0. The van der Waals surface area contributed by atoms with Crippen molar-refractivity contribution in [2.45, 2.75) is 142 Å². The Morgan fingerprint density at radius 2 is 1.67 bits per heavy atom. The van der Waals surface area contributed by atoms with Gasteiger partial charge in [-0.05, 0) is 112 Å². The summed E-state index contributed by atoms with van der Waals surface area (Å²) in [5, 5.41) is 24.3. The smallest absolute Gasteiger partial charge is 0.302 e. The highest BCUT2D eigenvalue weighted by Crippen LogP contribution is 2.43. The van der Waals surface area contributed by atoms with Crippen LogP contribution < -0.4 is 11.1 Å². The van der Waals surface area contributed by atoms with E-state index in [4.69, 9.17) is 19.9 Å². The molecule has 9 nitrogen and oxygen atoms in total. The van der Waals surface area contributed by atoms with Crippen molar-refractivity contribution < 1.29 is 34.0 Å². The van der Waals surface area contributed by atoms with Crippen LogP contribution >= 0.6 is 0 Å². The maximum Gasteiger partial charge on any atom is 0.302 e. The molecule has 0 aromatic heterocycles. The lowest BCUT2D eigenvalue weighted by atomic mass is 9.66. The molecule has 3 aliphatic rings. The number of hydrogen-bond donors (Lipinski definition) is 4. The van der Waals surface area contributed by atoms with Gasteiger partial charge in [-0.25, -0.2) is 0 Å². The number of ether oxygens (including phenoxy) is 3. The largest absolute Gasteiger partial charge is 0.462 e. The topological polar surface area (TPSA) is 140 Å². The lowest BCUT2D eigenvalue weighted by molar-refractivity contribution is -0.157. The molecule has 1 heterocycles. The van der Waals surface area contributed by atoms with Gasteiger partial charge in [-0.15, -0.1) is 0 Å². The number of aliphatic hydroxyl groups excluding tert-OH is 2. The van der Waals surface area contributed by atoms with Crippen LogP contribution in [0.5, 0.6) is 0 Å². The Hall–Kier alpha value is -1.26. The van der Waals surface area contributed by atoms with Gasteiger partial charge < -0.3 is 35.5 Å². The minimum absolute atomic E-state index is 0.0268. The van der Waals surface area contributed by atoms with E-state index in [1.807, 2.05) is 0 Å². The van der Waals surface area contributed by atoms with Crippen molar-refractivity contribution in [2.24, 2.45) is 47.2 Å². The molecule has 5 N–H and O–H groups in total. The summed E-state index contributed by atoms with van der Waals surface area (Å²) in [6, 6.07) is 0. The van der Waals surface area contributed by atoms with Crippen LogP contribution in [0.4, 0.5) is 0 Å². The molecule has 250 valence electrons. The van der Waals surface area contributed by atoms with Crippen LogP contribution in [0.2, 0.25) is 0 Å². The third kappa shape index (κ3) is 11.9. The highest BCUT2D eigenvalue weighted by molar-refractivity contribution is 5.66. The second-order valence-corrected chi connectivity index (χ2v) is 14.5. The van der Waals surface area contributed by atoms with Crippen LogP contribution in [0.3, 0.4) is 0 Å². The first-order chi connectivity index (χ1) is 20.5. The predicted octanol–water partition coefficient (Wildman–Crippen LogP) is 4.56. The lowest BCUT2D eigenvalue weighted by Gasteiger charge is -2.45. The minimum Gasteiger partial charge on any atom is -0.462 e. The average Bonchev–Trinajstić information content (AvgIpc) is 2.92. The van der Waals surface area contributed by atoms with Crippen molar-refractivity contribution in [3.63, 3.8) is 0 Å². The molecule has 0 spiro atoms. The molecule has 0 radical (unpaired) electrons. The van der Waals surface area contributed by atoms with E-state index < -0.39 is 6.10 Å². The number of esters is 2. The van der Waals surface area contributed by atoms with Gasteiger partial charge in [0.2, 0.25) is 0 Å². The van der Waals surface area contributed by atoms with Gasteiger partial charge in [0.1, 0.15) is 12.2 Å². The summed E-state index contributed by atoms with van der Waals surface area (Å²) >= 11 is 0. The molecule has 2 saturated carbocycles. The number of carbonyl (C=O) groups is 2. The van der Waals surface area contributed by atoms with Gasteiger partial charge in [-0.1, -0.05) is 26.7 Å². The fraction of sp³-hybridized carbons (Fsp3) is 0.941. The molecule has 11 unspecified atom stereocenters. The number of piperidine rings is 1. The zero-order chi connectivity index (χ0) is 31.5. The molecule has 1 aliphatic heterocycles. The van der Waals surface area contributed by atoms with Crippen molar-refractivity contribution in [1.29, 1.82) is 0 Å². The minimum atomic E-state index is -0.493. The summed E-state index contributed by atoms with van der Waals surface area (Å²) in [6.07, 6.45) is 9.97. The molecule has 1 saturated heterocycles. The number of rotatable bonds is 13. The fourth-order valence-electron chi connectivity index (χ4n) is 8.69. The van der Waals surface area contributed by atoms with Gasteiger partial charge in [0.15, 0.2) is 0 Å². The van der Waals surface area contributed by atoms with Crippen LogP contribution in [-0.4, -0.2) is 73.0 Å². The van der Waals surface area contributed by atoms with E-state index in [1.165, 1.54) is 13.8 Å². The van der Waals surface area contributed by atoms with Gasteiger partial charge in [-0.3, -0.25) is 9.59 Å². The van der Waals surface area contributed by atoms with E-state index in [2.05, 4.69) is 19.2 Å². The van der Waals surface area contributed by atoms with Crippen LogP contribution in [-0.2, 0) is 23.8 Å². The van der Waals surface area contributed by atoms with Crippen molar-refractivity contribution in [2.75, 3.05) is 20.3 Å². The van der Waals surface area contributed by atoms with Crippen LogP contribution in [0.1, 0.15) is 111 Å². The van der Waals surface area contributed by atoms with E-state index in [9.17, 15) is 19.8 Å². The summed E-state index contributed by atoms with van der Waals surface area (Å²) in [5.74, 6) is 1.85. The van der Waals surface area contributed by atoms with Crippen molar-refractivity contribution in [1.82, 2.24) is 5.32 Å². The van der Waals surface area contributed by atoms with Crippen LogP contribution in [0.15, 0.2) is 0 Å². The third-order valence-corrected chi connectivity index (χ3v) is 10.6. The molecular formula is C34H62N2O7. The van der Waals surface area contributed by atoms with Crippen molar-refractivity contribution in [3.8, 4) is 0 Å². The SMILES string of the molecule is COC1CC(CCC(CC(OC(C)=O)C2CC(CO)CCCC(CC(C)C)C2)OC(C)=O)C(C2CCNC(N)C2)CC1O. The summed E-state index contributed by atoms with van der Waals surface area (Å²) in [6.45, 7) is 8.44. The zero-order valence-corrected chi connectivity index (χ0v) is 27.5. The molecule has 3 rings (SSSR count). The monoisotopic (exact) mass is 610 g/mol. The number of carbonyl (C=O) groups excluding carboxylic acids is 2. The van der Waals surface area contributed by atoms with Gasteiger partial charge in [0.25, 0.3) is 0 Å².